The molecule has 0 radical (unpaired) electrons. The van der Waals surface area contributed by atoms with Crippen LogP contribution in [-0.2, 0) is 14.2 Å². The average Bonchev–Trinajstić information content (AvgIpc) is 3.18. The lowest BCUT2D eigenvalue weighted by Crippen LogP contribution is -2.53. The van der Waals surface area contributed by atoms with Gasteiger partial charge in [0.15, 0.2) is 0 Å². The van der Waals surface area contributed by atoms with Crippen molar-refractivity contribution in [1.29, 1.82) is 0 Å². The van der Waals surface area contributed by atoms with Crippen molar-refractivity contribution in [3.63, 3.8) is 0 Å². The monoisotopic (exact) mass is 343 g/mol. The smallest absolute Gasteiger partial charge is 0.317 e. The zero-order valence-corrected chi connectivity index (χ0v) is 14.4. The van der Waals surface area contributed by atoms with Crippen LogP contribution in [0.3, 0.4) is 0 Å². The summed E-state index contributed by atoms with van der Waals surface area (Å²) in [5.74, 6) is 0. The number of urea groups is 1. The van der Waals surface area contributed by atoms with Gasteiger partial charge in [0.1, 0.15) is 6.10 Å². The molecule has 0 aromatic rings. The number of rotatable bonds is 5. The quantitative estimate of drug-likeness (QED) is 0.685. The summed E-state index contributed by atoms with van der Waals surface area (Å²) in [4.78, 5) is 16.3. The third-order valence-electron chi connectivity index (χ3n) is 5.16. The maximum atomic E-state index is 12.3. The van der Waals surface area contributed by atoms with Crippen LogP contribution in [0.2, 0.25) is 0 Å². The minimum absolute atomic E-state index is 0.148. The Labute approximate surface area is 143 Å². The van der Waals surface area contributed by atoms with Crippen LogP contribution in [0.5, 0.6) is 0 Å². The number of hydrogen-bond donors (Lipinski definition) is 2. The second-order valence-electron chi connectivity index (χ2n) is 6.76. The molecular weight excluding hydrogens is 314 g/mol. The van der Waals surface area contributed by atoms with Crippen LogP contribution in [0.15, 0.2) is 0 Å². The Morgan fingerprint density at radius 2 is 2.12 bits per heavy atom. The maximum absolute atomic E-state index is 12.3. The van der Waals surface area contributed by atoms with E-state index in [1.807, 2.05) is 0 Å². The van der Waals surface area contributed by atoms with Gasteiger partial charge in [-0.25, -0.2) is 4.79 Å². The first kappa shape index (κ1) is 17.9. The Bertz CT molecular complexity index is 419. The van der Waals surface area contributed by atoms with Crippen LogP contribution in [0.1, 0.15) is 12.8 Å². The van der Waals surface area contributed by atoms with E-state index in [1.165, 1.54) is 0 Å². The summed E-state index contributed by atoms with van der Waals surface area (Å²) < 4.78 is 16.3. The Morgan fingerprint density at radius 3 is 2.88 bits per heavy atom. The van der Waals surface area contributed by atoms with Gasteiger partial charge in [-0.2, -0.15) is 0 Å². The topological polar surface area (TPSA) is 83.5 Å². The third kappa shape index (κ3) is 4.18. The molecule has 0 bridgehead atoms. The average molecular weight is 343 g/mol. The minimum atomic E-state index is -0.682. The molecule has 24 heavy (non-hydrogen) atoms. The fourth-order valence-electron chi connectivity index (χ4n) is 3.74. The lowest BCUT2D eigenvalue weighted by molar-refractivity contribution is 0.00447. The molecule has 0 saturated carbocycles. The van der Waals surface area contributed by atoms with Crippen molar-refractivity contribution in [2.75, 3.05) is 59.7 Å². The Hall–Kier alpha value is -0.930. The lowest BCUT2D eigenvalue weighted by Gasteiger charge is -2.30. The Kier molecular flexibility index (Phi) is 6.29. The molecule has 4 atom stereocenters. The van der Waals surface area contributed by atoms with Crippen molar-refractivity contribution in [3.05, 3.63) is 0 Å². The van der Waals surface area contributed by atoms with Crippen molar-refractivity contribution in [1.82, 2.24) is 15.1 Å². The molecule has 0 spiro atoms. The molecule has 0 aromatic heterocycles. The summed E-state index contributed by atoms with van der Waals surface area (Å²) in [6.45, 7) is 5.05. The molecule has 3 aliphatic heterocycles. The standard InChI is InChI=1S/C16H29N3O5/c1-22-10-12-3-2-4-19(12)9-14-15(20)13(11-24-14)17-16(21)18-5-7-23-8-6-18/h12-15,20H,2-11H2,1H3,(H,17,21). The first-order chi connectivity index (χ1) is 11.7. The lowest BCUT2D eigenvalue weighted by atomic mass is 10.1. The van der Waals surface area contributed by atoms with Gasteiger partial charge in [0.05, 0.1) is 38.6 Å². The number of hydrogen-bond acceptors (Lipinski definition) is 6. The molecule has 138 valence electrons. The number of aliphatic hydroxyl groups excluding tert-OH is 1. The number of nitrogens with one attached hydrogen (secondary N) is 1. The van der Waals surface area contributed by atoms with Crippen molar-refractivity contribution in [2.45, 2.75) is 37.1 Å². The van der Waals surface area contributed by atoms with E-state index in [9.17, 15) is 9.90 Å². The number of aliphatic hydroxyl groups is 1. The summed E-state index contributed by atoms with van der Waals surface area (Å²) in [5.41, 5.74) is 0. The summed E-state index contributed by atoms with van der Waals surface area (Å²) in [7, 11) is 1.72. The molecule has 8 nitrogen and oxygen atoms in total. The van der Waals surface area contributed by atoms with Crippen molar-refractivity contribution >= 4 is 6.03 Å². The van der Waals surface area contributed by atoms with Crippen molar-refractivity contribution < 1.29 is 24.1 Å². The number of methoxy groups -OCH3 is 1. The zero-order chi connectivity index (χ0) is 16.9. The predicted molar refractivity (Wildman–Crippen MR) is 86.9 cm³/mol. The Morgan fingerprint density at radius 1 is 1.33 bits per heavy atom. The molecular formula is C16H29N3O5. The third-order valence-corrected chi connectivity index (χ3v) is 5.16. The van der Waals surface area contributed by atoms with E-state index in [1.54, 1.807) is 12.0 Å². The number of nitrogens with zero attached hydrogens (tertiary/aromatic N) is 2. The molecule has 4 unspecified atom stereocenters. The number of carbonyl (C=O) groups excluding carboxylic acids is 1. The molecule has 2 N–H and O–H groups in total. The van der Waals surface area contributed by atoms with Crippen LogP contribution in [0.25, 0.3) is 0 Å². The van der Waals surface area contributed by atoms with Gasteiger partial charge in [0, 0.05) is 32.8 Å². The number of likely N-dealkylation sites (tertiary alicyclic amines) is 1. The van der Waals surface area contributed by atoms with Gasteiger partial charge in [-0.05, 0) is 19.4 Å². The fourth-order valence-corrected chi connectivity index (χ4v) is 3.74. The van der Waals surface area contributed by atoms with Crippen LogP contribution in [0.4, 0.5) is 4.79 Å². The highest BCUT2D eigenvalue weighted by molar-refractivity contribution is 5.74. The molecule has 3 heterocycles. The Balaban J connectivity index is 1.47. The summed E-state index contributed by atoms with van der Waals surface area (Å²) in [6.07, 6.45) is 1.32. The van der Waals surface area contributed by atoms with Crippen LogP contribution >= 0.6 is 0 Å². The maximum Gasteiger partial charge on any atom is 0.317 e. The van der Waals surface area contributed by atoms with E-state index < -0.39 is 6.10 Å². The molecule has 3 rings (SSSR count). The molecule has 8 heteroatoms. The van der Waals surface area contributed by atoms with E-state index in [0.717, 1.165) is 19.4 Å². The largest absolute Gasteiger partial charge is 0.388 e. The highest BCUT2D eigenvalue weighted by atomic mass is 16.5. The van der Waals surface area contributed by atoms with Gasteiger partial charge in [-0.1, -0.05) is 0 Å². The van der Waals surface area contributed by atoms with E-state index in [-0.39, 0.29) is 18.2 Å². The second kappa shape index (κ2) is 8.44. The number of ether oxygens (including phenoxy) is 3. The highest BCUT2D eigenvalue weighted by Gasteiger charge is 2.40. The SMILES string of the molecule is COCC1CCCN1CC1OCC(NC(=O)N2CCOCC2)C1O. The summed E-state index contributed by atoms with van der Waals surface area (Å²) >= 11 is 0. The molecule has 2 amide bonds. The van der Waals surface area contributed by atoms with Gasteiger partial charge in [0.2, 0.25) is 0 Å². The second-order valence-corrected chi connectivity index (χ2v) is 6.76. The number of carbonyl (C=O) groups is 1. The zero-order valence-electron chi connectivity index (χ0n) is 14.4. The fraction of sp³-hybridized carbons (Fsp3) is 0.938. The van der Waals surface area contributed by atoms with E-state index in [4.69, 9.17) is 14.2 Å². The van der Waals surface area contributed by atoms with E-state index in [0.29, 0.717) is 52.1 Å². The summed E-state index contributed by atoms with van der Waals surface area (Å²) in [5, 5.41) is 13.4. The number of morpholine rings is 1. The van der Waals surface area contributed by atoms with Crippen molar-refractivity contribution in [3.8, 4) is 0 Å². The number of amides is 2. The van der Waals surface area contributed by atoms with Crippen LogP contribution < -0.4 is 5.32 Å². The molecule has 3 aliphatic rings. The molecule has 3 fully saturated rings. The highest BCUT2D eigenvalue weighted by Crippen LogP contribution is 2.22. The van der Waals surface area contributed by atoms with Gasteiger partial charge >= 0.3 is 6.03 Å². The van der Waals surface area contributed by atoms with Gasteiger partial charge < -0.3 is 29.5 Å². The van der Waals surface area contributed by atoms with E-state index in [2.05, 4.69) is 10.2 Å². The summed E-state index contributed by atoms with van der Waals surface area (Å²) in [6, 6.07) is -0.105. The van der Waals surface area contributed by atoms with Gasteiger partial charge in [-0.15, -0.1) is 0 Å². The first-order valence-corrected chi connectivity index (χ1v) is 8.85. The van der Waals surface area contributed by atoms with Crippen LogP contribution in [0, 0.1) is 0 Å². The van der Waals surface area contributed by atoms with Crippen molar-refractivity contribution in [2.24, 2.45) is 0 Å². The predicted octanol–water partition coefficient (Wildman–Crippen LogP) is -0.733. The molecule has 0 aromatic carbocycles. The first-order valence-electron chi connectivity index (χ1n) is 8.85. The minimum Gasteiger partial charge on any atom is -0.388 e. The van der Waals surface area contributed by atoms with Crippen LogP contribution in [-0.4, -0.2) is 105 Å². The molecule has 3 saturated heterocycles. The van der Waals surface area contributed by atoms with Gasteiger partial charge in [-0.3, -0.25) is 4.90 Å². The normalized spacial score (nSPS) is 34.7. The molecule has 0 aliphatic carbocycles. The van der Waals surface area contributed by atoms with Gasteiger partial charge in [0.25, 0.3) is 0 Å². The van der Waals surface area contributed by atoms with E-state index >= 15 is 0 Å².